The molecule has 182 valence electrons. The molecule has 0 spiro atoms. The molecule has 0 saturated heterocycles. The van der Waals surface area contributed by atoms with Gasteiger partial charge in [0.1, 0.15) is 0 Å². The zero-order valence-corrected chi connectivity index (χ0v) is 22.4. The van der Waals surface area contributed by atoms with E-state index in [1.807, 2.05) is 14.0 Å². The van der Waals surface area contributed by atoms with E-state index in [4.69, 9.17) is 18.9 Å². The maximum atomic E-state index is 5.69. The molecule has 0 atom stereocenters. The molecule has 1 aliphatic heterocycles. The Morgan fingerprint density at radius 2 is 1.70 bits per heavy atom. The number of guanidine groups is 1. The second-order valence-corrected chi connectivity index (χ2v) is 7.62. The minimum Gasteiger partial charge on any atom is -0.493 e. The van der Waals surface area contributed by atoms with Crippen LogP contribution in [-0.2, 0) is 35.6 Å². The molecule has 0 saturated carbocycles. The molecule has 2 aromatic carbocycles. The SMILES string of the molecule is CCOCCOCc1cccc(CNC(=NC)N2CCc3cc(OC)c(OC)cc3C2)c1.I. The normalized spacial score (nSPS) is 13.2. The minimum atomic E-state index is 0. The second kappa shape index (κ2) is 14.3. The Morgan fingerprint density at radius 1 is 1.00 bits per heavy atom. The quantitative estimate of drug-likeness (QED) is 0.202. The van der Waals surface area contributed by atoms with Gasteiger partial charge in [-0.25, -0.2) is 0 Å². The van der Waals surface area contributed by atoms with Gasteiger partial charge in [0.2, 0.25) is 0 Å². The Balaban J connectivity index is 0.00000385. The highest BCUT2D eigenvalue weighted by molar-refractivity contribution is 14.0. The molecule has 0 radical (unpaired) electrons. The van der Waals surface area contributed by atoms with Gasteiger partial charge in [0.25, 0.3) is 0 Å². The van der Waals surface area contributed by atoms with Gasteiger partial charge in [-0.3, -0.25) is 4.99 Å². The first kappa shape index (κ1) is 27.2. The van der Waals surface area contributed by atoms with Crippen molar-refractivity contribution >= 4 is 29.9 Å². The number of nitrogens with zero attached hydrogens (tertiary/aromatic N) is 2. The average Bonchev–Trinajstić information content (AvgIpc) is 2.83. The highest BCUT2D eigenvalue weighted by Crippen LogP contribution is 2.33. The Bertz CT molecular complexity index is 907. The van der Waals surface area contributed by atoms with Crippen LogP contribution in [0.15, 0.2) is 41.4 Å². The van der Waals surface area contributed by atoms with Crippen molar-refractivity contribution in [1.82, 2.24) is 10.2 Å². The molecule has 0 amide bonds. The number of fused-ring (bicyclic) bond motifs is 1. The van der Waals surface area contributed by atoms with Crippen molar-refractivity contribution in [2.24, 2.45) is 4.99 Å². The van der Waals surface area contributed by atoms with Crippen LogP contribution in [0.2, 0.25) is 0 Å². The fourth-order valence-corrected chi connectivity index (χ4v) is 3.86. The van der Waals surface area contributed by atoms with E-state index in [-0.39, 0.29) is 24.0 Å². The zero-order valence-electron chi connectivity index (χ0n) is 20.1. The number of ether oxygens (including phenoxy) is 4. The third-order valence-electron chi connectivity index (χ3n) is 5.52. The van der Waals surface area contributed by atoms with Crippen LogP contribution >= 0.6 is 24.0 Å². The predicted molar refractivity (Wildman–Crippen MR) is 142 cm³/mol. The maximum absolute atomic E-state index is 5.69. The second-order valence-electron chi connectivity index (χ2n) is 7.62. The highest BCUT2D eigenvalue weighted by Gasteiger charge is 2.21. The molecule has 3 rings (SSSR count). The summed E-state index contributed by atoms with van der Waals surface area (Å²) in [6.45, 7) is 6.91. The van der Waals surface area contributed by atoms with Crippen molar-refractivity contribution in [3.63, 3.8) is 0 Å². The first-order chi connectivity index (χ1) is 15.7. The summed E-state index contributed by atoms with van der Waals surface area (Å²) in [5.74, 6) is 2.43. The van der Waals surface area contributed by atoms with Crippen molar-refractivity contribution in [1.29, 1.82) is 0 Å². The predicted octanol–water partition coefficient (Wildman–Crippen LogP) is 4.01. The fourth-order valence-electron chi connectivity index (χ4n) is 3.86. The number of hydrogen-bond acceptors (Lipinski definition) is 5. The minimum absolute atomic E-state index is 0. The third-order valence-corrected chi connectivity index (χ3v) is 5.52. The van der Waals surface area contributed by atoms with E-state index >= 15 is 0 Å². The smallest absolute Gasteiger partial charge is 0.194 e. The maximum Gasteiger partial charge on any atom is 0.194 e. The van der Waals surface area contributed by atoms with E-state index < -0.39 is 0 Å². The molecule has 0 aliphatic carbocycles. The molecule has 0 aromatic heterocycles. The van der Waals surface area contributed by atoms with Gasteiger partial charge in [-0.15, -0.1) is 24.0 Å². The third kappa shape index (κ3) is 7.75. The van der Waals surface area contributed by atoms with E-state index in [1.165, 1.54) is 16.7 Å². The molecule has 2 aromatic rings. The lowest BCUT2D eigenvalue weighted by atomic mass is 9.99. The monoisotopic (exact) mass is 569 g/mol. The summed E-state index contributed by atoms with van der Waals surface area (Å²) in [5.41, 5.74) is 4.89. The zero-order chi connectivity index (χ0) is 22.8. The van der Waals surface area contributed by atoms with Gasteiger partial charge in [0.15, 0.2) is 17.5 Å². The first-order valence-corrected chi connectivity index (χ1v) is 11.1. The molecule has 7 nitrogen and oxygen atoms in total. The van der Waals surface area contributed by atoms with Crippen molar-refractivity contribution in [3.05, 3.63) is 58.7 Å². The lowest BCUT2D eigenvalue weighted by molar-refractivity contribution is 0.0453. The number of halogens is 1. The Kier molecular flexibility index (Phi) is 11.8. The molecule has 1 N–H and O–H groups in total. The van der Waals surface area contributed by atoms with Gasteiger partial charge in [-0.1, -0.05) is 24.3 Å². The summed E-state index contributed by atoms with van der Waals surface area (Å²) in [5, 5.41) is 3.51. The van der Waals surface area contributed by atoms with Gasteiger partial charge < -0.3 is 29.2 Å². The first-order valence-electron chi connectivity index (χ1n) is 11.1. The molecule has 1 heterocycles. The molecular weight excluding hydrogens is 533 g/mol. The topological polar surface area (TPSA) is 64.6 Å². The summed E-state index contributed by atoms with van der Waals surface area (Å²) in [6.07, 6.45) is 0.935. The van der Waals surface area contributed by atoms with Crippen molar-refractivity contribution in [3.8, 4) is 11.5 Å². The average molecular weight is 569 g/mol. The molecule has 0 unspecified atom stereocenters. The van der Waals surface area contributed by atoms with Gasteiger partial charge in [0, 0.05) is 33.3 Å². The van der Waals surface area contributed by atoms with Crippen molar-refractivity contribution < 1.29 is 18.9 Å². The van der Waals surface area contributed by atoms with Gasteiger partial charge >= 0.3 is 0 Å². The highest BCUT2D eigenvalue weighted by atomic mass is 127. The number of rotatable bonds is 10. The van der Waals surface area contributed by atoms with Crippen LogP contribution in [0, 0.1) is 0 Å². The van der Waals surface area contributed by atoms with E-state index in [0.29, 0.717) is 26.4 Å². The number of benzene rings is 2. The Hall–Kier alpha value is -2.04. The number of nitrogens with one attached hydrogen (secondary N) is 1. The van der Waals surface area contributed by atoms with Crippen LogP contribution in [-0.4, -0.2) is 58.5 Å². The Labute approximate surface area is 214 Å². The molecular formula is C25H36IN3O4. The van der Waals surface area contributed by atoms with Crippen molar-refractivity contribution in [2.75, 3.05) is 47.6 Å². The molecule has 0 fully saturated rings. The molecule has 33 heavy (non-hydrogen) atoms. The lowest BCUT2D eigenvalue weighted by Crippen LogP contribution is -2.43. The molecule has 0 bridgehead atoms. The van der Waals surface area contributed by atoms with Crippen LogP contribution in [0.1, 0.15) is 29.2 Å². The van der Waals surface area contributed by atoms with Crippen LogP contribution in [0.25, 0.3) is 0 Å². The summed E-state index contributed by atoms with van der Waals surface area (Å²) in [6, 6.07) is 12.6. The van der Waals surface area contributed by atoms with E-state index in [2.05, 4.69) is 51.6 Å². The molecule has 1 aliphatic rings. The van der Waals surface area contributed by atoms with Gasteiger partial charge in [-0.05, 0) is 47.7 Å². The number of aliphatic imine (C=N–C) groups is 1. The van der Waals surface area contributed by atoms with Crippen LogP contribution < -0.4 is 14.8 Å². The van der Waals surface area contributed by atoms with Crippen LogP contribution in [0.3, 0.4) is 0 Å². The Morgan fingerprint density at radius 3 is 2.39 bits per heavy atom. The number of methoxy groups -OCH3 is 2. The van der Waals surface area contributed by atoms with E-state index in [1.54, 1.807) is 14.2 Å². The van der Waals surface area contributed by atoms with Crippen LogP contribution in [0.4, 0.5) is 0 Å². The standard InChI is InChI=1S/C25H35N3O4.HI/c1-5-31-11-12-32-18-20-8-6-7-19(13-20)16-27-25(26-2)28-10-9-21-14-23(29-3)24(30-4)15-22(21)17-28;/h6-8,13-15H,5,9-12,16-18H2,1-4H3,(H,26,27);1H. The van der Waals surface area contributed by atoms with Gasteiger partial charge in [0.05, 0.1) is 34.0 Å². The fraction of sp³-hybridized carbons (Fsp3) is 0.480. The van der Waals surface area contributed by atoms with Crippen molar-refractivity contribution in [2.45, 2.75) is 33.0 Å². The van der Waals surface area contributed by atoms with Gasteiger partial charge in [-0.2, -0.15) is 0 Å². The van der Waals surface area contributed by atoms with E-state index in [9.17, 15) is 0 Å². The largest absolute Gasteiger partial charge is 0.493 e. The summed E-state index contributed by atoms with van der Waals surface area (Å²) >= 11 is 0. The van der Waals surface area contributed by atoms with E-state index in [0.717, 1.165) is 49.1 Å². The summed E-state index contributed by atoms with van der Waals surface area (Å²) < 4.78 is 21.9. The summed E-state index contributed by atoms with van der Waals surface area (Å²) in [4.78, 5) is 6.79. The lowest BCUT2D eigenvalue weighted by Gasteiger charge is -2.32. The summed E-state index contributed by atoms with van der Waals surface area (Å²) in [7, 11) is 5.17. The molecule has 8 heteroatoms. The number of hydrogen-bond donors (Lipinski definition) is 1. The van der Waals surface area contributed by atoms with Crippen LogP contribution in [0.5, 0.6) is 11.5 Å².